The highest BCUT2D eigenvalue weighted by Crippen LogP contribution is 2.19. The van der Waals surface area contributed by atoms with Gasteiger partial charge in [0.05, 0.1) is 6.61 Å². The van der Waals surface area contributed by atoms with Gasteiger partial charge < -0.3 is 20.3 Å². The molecular weight excluding hydrogens is 495 g/mol. The first-order chi connectivity index (χ1) is 12.7. The summed E-state index contributed by atoms with van der Waals surface area (Å²) in [6.07, 6.45) is 2.47. The summed E-state index contributed by atoms with van der Waals surface area (Å²) in [6.45, 7) is 6.07. The number of halogens is 2. The van der Waals surface area contributed by atoms with Gasteiger partial charge in [-0.3, -0.25) is 4.99 Å². The molecule has 1 saturated heterocycles. The van der Waals surface area contributed by atoms with E-state index in [1.165, 1.54) is 30.8 Å². The molecule has 1 aliphatic heterocycles. The average molecular weight is 527 g/mol. The van der Waals surface area contributed by atoms with Crippen molar-refractivity contribution in [2.24, 2.45) is 10.9 Å². The zero-order valence-corrected chi connectivity index (χ0v) is 20.2. The Labute approximate surface area is 190 Å². The highest BCUT2D eigenvalue weighted by atomic mass is 127. The van der Waals surface area contributed by atoms with Crippen LogP contribution in [-0.2, 0) is 4.74 Å². The molecule has 1 fully saturated rings. The first-order valence-electron chi connectivity index (χ1n) is 9.25. The summed E-state index contributed by atoms with van der Waals surface area (Å²) >= 11 is 7.72. The average Bonchev–Trinajstić information content (AvgIpc) is 2.68. The fraction of sp³-hybridized carbons (Fsp3) is 0.632. The fourth-order valence-corrected chi connectivity index (χ4v) is 3.86. The van der Waals surface area contributed by atoms with Crippen LogP contribution in [0.15, 0.2) is 34.2 Å². The van der Waals surface area contributed by atoms with Crippen molar-refractivity contribution >= 4 is 53.3 Å². The van der Waals surface area contributed by atoms with Crippen molar-refractivity contribution in [1.29, 1.82) is 0 Å². The van der Waals surface area contributed by atoms with Gasteiger partial charge >= 0.3 is 0 Å². The molecule has 2 N–H and O–H groups in total. The molecule has 154 valence electrons. The Balaban J connectivity index is 0.00000364. The number of aliphatic imine (C=N–C) groups is 1. The minimum atomic E-state index is 0. The summed E-state index contributed by atoms with van der Waals surface area (Å²) in [7, 11) is 3.60. The van der Waals surface area contributed by atoms with Gasteiger partial charge in [-0.2, -0.15) is 0 Å². The number of methoxy groups -OCH3 is 1. The number of ether oxygens (including phenoxy) is 1. The van der Waals surface area contributed by atoms with Crippen LogP contribution < -0.4 is 10.6 Å². The van der Waals surface area contributed by atoms with Gasteiger partial charge in [-0.1, -0.05) is 11.6 Å². The van der Waals surface area contributed by atoms with Crippen LogP contribution in [0.3, 0.4) is 0 Å². The van der Waals surface area contributed by atoms with Crippen molar-refractivity contribution in [3.8, 4) is 0 Å². The van der Waals surface area contributed by atoms with E-state index in [0.29, 0.717) is 0 Å². The molecular formula is C19H32ClIN4OS. The second-order valence-corrected chi connectivity index (χ2v) is 8.06. The molecule has 1 aromatic rings. The molecule has 0 amide bonds. The second-order valence-electron chi connectivity index (χ2n) is 6.46. The van der Waals surface area contributed by atoms with Gasteiger partial charge in [-0.25, -0.2) is 0 Å². The van der Waals surface area contributed by atoms with E-state index in [0.717, 1.165) is 48.9 Å². The molecule has 1 heterocycles. The Kier molecular flexibility index (Phi) is 13.5. The Bertz CT molecular complexity index is 539. The molecule has 0 aliphatic carbocycles. The summed E-state index contributed by atoms with van der Waals surface area (Å²) in [6, 6.07) is 7.97. The minimum absolute atomic E-state index is 0. The maximum absolute atomic E-state index is 5.91. The normalized spacial score (nSPS) is 16.0. The quantitative estimate of drug-likeness (QED) is 0.169. The molecule has 1 aromatic carbocycles. The molecule has 0 bridgehead atoms. The van der Waals surface area contributed by atoms with E-state index in [2.05, 4.69) is 32.7 Å². The van der Waals surface area contributed by atoms with Crippen LogP contribution in [0, 0.1) is 5.92 Å². The van der Waals surface area contributed by atoms with Crippen LogP contribution in [0.25, 0.3) is 0 Å². The lowest BCUT2D eigenvalue weighted by Gasteiger charge is -2.32. The maximum Gasteiger partial charge on any atom is 0.191 e. The number of benzene rings is 1. The van der Waals surface area contributed by atoms with Crippen molar-refractivity contribution in [2.75, 3.05) is 59.2 Å². The number of nitrogens with zero attached hydrogens (tertiary/aromatic N) is 2. The highest BCUT2D eigenvalue weighted by molar-refractivity contribution is 14.0. The van der Waals surface area contributed by atoms with Gasteiger partial charge in [0.2, 0.25) is 0 Å². The smallest absolute Gasteiger partial charge is 0.191 e. The first-order valence-corrected chi connectivity index (χ1v) is 10.6. The van der Waals surface area contributed by atoms with E-state index < -0.39 is 0 Å². The summed E-state index contributed by atoms with van der Waals surface area (Å²) in [4.78, 5) is 8.05. The lowest BCUT2D eigenvalue weighted by Crippen LogP contribution is -2.43. The molecule has 8 heteroatoms. The predicted molar refractivity (Wildman–Crippen MR) is 128 cm³/mol. The Morgan fingerprint density at radius 2 is 1.96 bits per heavy atom. The van der Waals surface area contributed by atoms with Crippen LogP contribution in [0.1, 0.15) is 12.8 Å². The third kappa shape index (κ3) is 10.2. The third-order valence-corrected chi connectivity index (χ3v) is 5.84. The topological polar surface area (TPSA) is 48.9 Å². The zero-order chi connectivity index (χ0) is 18.6. The lowest BCUT2D eigenvalue weighted by atomic mass is 9.97. The third-order valence-electron chi connectivity index (χ3n) is 4.58. The molecule has 0 saturated carbocycles. The summed E-state index contributed by atoms with van der Waals surface area (Å²) < 4.78 is 5.16. The standard InChI is InChI=1S/C19H31ClN4OS.HI/c1-21-19(22-9-14-26-18-5-3-17(20)4-6-18)23-15-16-7-10-24(11-8-16)12-13-25-2;/h3-6,16H,7-15H2,1-2H3,(H2,21,22,23);1H. The SMILES string of the molecule is CN=C(NCCSc1ccc(Cl)cc1)NCC1CCN(CCOC)CC1.I. The number of likely N-dealkylation sites (tertiary alicyclic amines) is 1. The van der Waals surface area contributed by atoms with Crippen LogP contribution >= 0.6 is 47.3 Å². The van der Waals surface area contributed by atoms with Crippen LogP contribution in [0.4, 0.5) is 0 Å². The number of guanidine groups is 1. The lowest BCUT2D eigenvalue weighted by molar-refractivity contribution is 0.121. The van der Waals surface area contributed by atoms with E-state index in [1.54, 1.807) is 7.11 Å². The number of rotatable bonds is 9. The Hall–Kier alpha value is -0.220. The van der Waals surface area contributed by atoms with E-state index in [9.17, 15) is 0 Å². The highest BCUT2D eigenvalue weighted by Gasteiger charge is 2.18. The summed E-state index contributed by atoms with van der Waals surface area (Å²) in [5.41, 5.74) is 0. The first kappa shape index (κ1) is 24.8. The van der Waals surface area contributed by atoms with Crippen molar-refractivity contribution in [2.45, 2.75) is 17.7 Å². The fourth-order valence-electron chi connectivity index (χ4n) is 2.97. The minimum Gasteiger partial charge on any atom is -0.383 e. The zero-order valence-electron chi connectivity index (χ0n) is 16.2. The molecule has 0 aromatic heterocycles. The monoisotopic (exact) mass is 526 g/mol. The Morgan fingerprint density at radius 3 is 2.59 bits per heavy atom. The molecule has 27 heavy (non-hydrogen) atoms. The predicted octanol–water partition coefficient (Wildman–Crippen LogP) is 3.57. The van der Waals surface area contributed by atoms with Crippen molar-refractivity contribution in [1.82, 2.24) is 15.5 Å². The van der Waals surface area contributed by atoms with Crippen molar-refractivity contribution < 1.29 is 4.74 Å². The number of hydrogen-bond donors (Lipinski definition) is 2. The van der Waals surface area contributed by atoms with Gasteiger partial charge in [-0.05, 0) is 56.1 Å². The van der Waals surface area contributed by atoms with E-state index in [1.807, 2.05) is 30.9 Å². The van der Waals surface area contributed by atoms with Gasteiger partial charge in [0.1, 0.15) is 0 Å². The maximum atomic E-state index is 5.91. The van der Waals surface area contributed by atoms with E-state index in [-0.39, 0.29) is 24.0 Å². The van der Waals surface area contributed by atoms with E-state index in [4.69, 9.17) is 16.3 Å². The number of hydrogen-bond acceptors (Lipinski definition) is 4. The largest absolute Gasteiger partial charge is 0.383 e. The van der Waals surface area contributed by atoms with Gasteiger partial charge in [-0.15, -0.1) is 35.7 Å². The van der Waals surface area contributed by atoms with Crippen LogP contribution in [-0.4, -0.2) is 70.1 Å². The van der Waals surface area contributed by atoms with Crippen molar-refractivity contribution in [3.05, 3.63) is 29.3 Å². The molecule has 0 radical (unpaired) electrons. The molecule has 0 unspecified atom stereocenters. The van der Waals surface area contributed by atoms with E-state index >= 15 is 0 Å². The molecule has 0 spiro atoms. The molecule has 5 nitrogen and oxygen atoms in total. The molecule has 1 aliphatic rings. The van der Waals surface area contributed by atoms with Crippen LogP contribution in [0.5, 0.6) is 0 Å². The molecule has 2 rings (SSSR count). The van der Waals surface area contributed by atoms with Gasteiger partial charge in [0, 0.05) is 49.5 Å². The van der Waals surface area contributed by atoms with Crippen LogP contribution in [0.2, 0.25) is 5.02 Å². The van der Waals surface area contributed by atoms with Gasteiger partial charge in [0.15, 0.2) is 5.96 Å². The summed E-state index contributed by atoms with van der Waals surface area (Å²) in [5.74, 6) is 2.60. The Morgan fingerprint density at radius 1 is 1.26 bits per heavy atom. The van der Waals surface area contributed by atoms with Gasteiger partial charge in [0.25, 0.3) is 0 Å². The second kappa shape index (κ2) is 14.7. The van der Waals surface area contributed by atoms with Crippen molar-refractivity contribution in [3.63, 3.8) is 0 Å². The molecule has 0 atom stereocenters. The summed E-state index contributed by atoms with van der Waals surface area (Å²) in [5, 5.41) is 7.64. The number of nitrogens with one attached hydrogen (secondary N) is 2. The number of thioether (sulfide) groups is 1. The number of piperidine rings is 1.